The van der Waals surface area contributed by atoms with Crippen LogP contribution in [0, 0.1) is 0 Å². The number of nitrogens with zero attached hydrogens (tertiary/aromatic N) is 4. The lowest BCUT2D eigenvalue weighted by Crippen LogP contribution is -2.48. The lowest BCUT2D eigenvalue weighted by atomic mass is 10.1. The van der Waals surface area contributed by atoms with Crippen molar-refractivity contribution in [3.05, 3.63) is 47.8 Å². The third-order valence-corrected chi connectivity index (χ3v) is 5.08. The average molecular weight is 417 g/mol. The summed E-state index contributed by atoms with van der Waals surface area (Å²) in [6, 6.07) is 7.82. The number of hydrogen-bond donors (Lipinski definition) is 2. The molecule has 0 aliphatic carbocycles. The topological polar surface area (TPSA) is 78.6 Å². The van der Waals surface area contributed by atoms with Gasteiger partial charge in [-0.1, -0.05) is 22.8 Å². The molecule has 1 aliphatic heterocycles. The van der Waals surface area contributed by atoms with Crippen molar-refractivity contribution in [1.29, 1.82) is 0 Å². The maximum absolute atomic E-state index is 5.92. The summed E-state index contributed by atoms with van der Waals surface area (Å²) in [4.78, 5) is 11.5. The van der Waals surface area contributed by atoms with Gasteiger partial charge in [0.1, 0.15) is 0 Å². The molecule has 156 valence electrons. The van der Waals surface area contributed by atoms with Gasteiger partial charge in [0, 0.05) is 49.2 Å². The predicted octanol–water partition coefficient (Wildman–Crippen LogP) is 3.14. The van der Waals surface area contributed by atoms with Crippen LogP contribution in [0.15, 0.2) is 46.4 Å². The number of guanidine groups is 1. The predicted molar refractivity (Wildman–Crippen MR) is 117 cm³/mol. The Bertz CT molecular complexity index is 796. The number of halogens is 1. The van der Waals surface area contributed by atoms with E-state index in [9.17, 15) is 0 Å². The van der Waals surface area contributed by atoms with Crippen molar-refractivity contribution in [2.24, 2.45) is 4.99 Å². The third kappa shape index (κ3) is 6.58. The molecular formula is C21H29ClN6O. The van der Waals surface area contributed by atoms with E-state index in [1.54, 1.807) is 0 Å². The molecule has 2 aromatic rings. The number of hydrogen-bond acceptors (Lipinski definition) is 5. The van der Waals surface area contributed by atoms with Crippen LogP contribution in [0.1, 0.15) is 25.7 Å². The molecule has 2 N–H and O–H groups in total. The molecule has 2 heterocycles. The fraction of sp³-hybridized carbons (Fsp3) is 0.476. The van der Waals surface area contributed by atoms with Crippen LogP contribution < -0.4 is 10.6 Å². The van der Waals surface area contributed by atoms with Gasteiger partial charge in [0.2, 0.25) is 11.7 Å². The van der Waals surface area contributed by atoms with E-state index in [4.69, 9.17) is 16.1 Å². The second-order valence-electron chi connectivity index (χ2n) is 7.04. The number of piperidine rings is 1. The summed E-state index contributed by atoms with van der Waals surface area (Å²) < 4.78 is 5.36. The summed E-state index contributed by atoms with van der Waals surface area (Å²) in [5.74, 6) is 1.98. The van der Waals surface area contributed by atoms with Gasteiger partial charge in [0.05, 0.1) is 6.54 Å². The molecule has 1 aromatic heterocycles. The number of benzene rings is 1. The molecule has 0 unspecified atom stereocenters. The van der Waals surface area contributed by atoms with E-state index in [0.29, 0.717) is 35.7 Å². The number of likely N-dealkylation sites (tertiary alicyclic amines) is 1. The van der Waals surface area contributed by atoms with Crippen LogP contribution in [-0.2, 0) is 6.42 Å². The molecule has 0 atom stereocenters. The van der Waals surface area contributed by atoms with Gasteiger partial charge in [0.25, 0.3) is 0 Å². The van der Waals surface area contributed by atoms with E-state index in [1.807, 2.05) is 30.3 Å². The minimum atomic E-state index is 0.439. The lowest BCUT2D eigenvalue weighted by molar-refractivity contribution is 0.225. The molecule has 1 saturated heterocycles. The Hall–Kier alpha value is -2.38. The first-order valence-electron chi connectivity index (χ1n) is 10.1. The minimum Gasteiger partial charge on any atom is -0.357 e. The van der Waals surface area contributed by atoms with E-state index in [1.165, 1.54) is 0 Å². The molecule has 0 radical (unpaired) electrons. The van der Waals surface area contributed by atoms with E-state index in [2.05, 4.69) is 44.2 Å². The van der Waals surface area contributed by atoms with Crippen molar-refractivity contribution in [3.63, 3.8) is 0 Å². The van der Waals surface area contributed by atoms with Crippen LogP contribution >= 0.6 is 11.6 Å². The van der Waals surface area contributed by atoms with Crippen LogP contribution in [0.3, 0.4) is 0 Å². The number of aromatic nitrogens is 2. The molecule has 1 aromatic carbocycles. The summed E-state index contributed by atoms with van der Waals surface area (Å²) in [6.07, 6.45) is 4.77. The first-order chi connectivity index (χ1) is 14.2. The van der Waals surface area contributed by atoms with Crippen molar-refractivity contribution in [1.82, 2.24) is 25.7 Å². The Labute approximate surface area is 177 Å². The maximum atomic E-state index is 5.92. The van der Waals surface area contributed by atoms with Gasteiger partial charge in [0.15, 0.2) is 5.96 Å². The third-order valence-electron chi connectivity index (χ3n) is 4.83. The number of rotatable bonds is 8. The monoisotopic (exact) mass is 416 g/mol. The van der Waals surface area contributed by atoms with Crippen molar-refractivity contribution in [3.8, 4) is 11.4 Å². The van der Waals surface area contributed by atoms with Crippen molar-refractivity contribution >= 4 is 17.6 Å². The van der Waals surface area contributed by atoms with Gasteiger partial charge in [-0.2, -0.15) is 4.98 Å². The number of nitrogens with one attached hydrogen (secondary N) is 2. The highest BCUT2D eigenvalue weighted by Gasteiger charge is 2.19. The standard InChI is InChI=1S/C21H29ClN6O/c1-3-13-28-14-10-18(11-15-28)25-21(23-4-2)24-12-9-19-26-20(27-29-19)16-5-7-17(22)8-6-16/h3,5-8,18H,1,4,9-15H2,2H3,(H2,23,24,25). The lowest BCUT2D eigenvalue weighted by Gasteiger charge is -2.32. The van der Waals surface area contributed by atoms with Gasteiger partial charge < -0.3 is 15.2 Å². The molecule has 7 nitrogen and oxygen atoms in total. The van der Waals surface area contributed by atoms with Crippen LogP contribution in [0.5, 0.6) is 0 Å². The molecule has 3 rings (SSSR count). The maximum Gasteiger partial charge on any atom is 0.228 e. The van der Waals surface area contributed by atoms with Crippen LogP contribution in [0.4, 0.5) is 0 Å². The molecular weight excluding hydrogens is 388 g/mol. The zero-order chi connectivity index (χ0) is 20.5. The largest absolute Gasteiger partial charge is 0.357 e. The molecule has 29 heavy (non-hydrogen) atoms. The first-order valence-corrected chi connectivity index (χ1v) is 10.5. The van der Waals surface area contributed by atoms with Crippen LogP contribution in [-0.4, -0.2) is 59.8 Å². The second-order valence-corrected chi connectivity index (χ2v) is 7.47. The second kappa shape index (κ2) is 11.0. The van der Waals surface area contributed by atoms with Crippen LogP contribution in [0.25, 0.3) is 11.4 Å². The van der Waals surface area contributed by atoms with Crippen molar-refractivity contribution < 1.29 is 4.52 Å². The van der Waals surface area contributed by atoms with Crippen molar-refractivity contribution in [2.45, 2.75) is 32.2 Å². The normalized spacial score (nSPS) is 16.0. The van der Waals surface area contributed by atoms with Gasteiger partial charge in [-0.25, -0.2) is 0 Å². The summed E-state index contributed by atoms with van der Waals surface area (Å²) in [6.45, 7) is 10.4. The molecule has 8 heteroatoms. The Balaban J connectivity index is 1.50. The summed E-state index contributed by atoms with van der Waals surface area (Å²) >= 11 is 5.92. The van der Waals surface area contributed by atoms with Crippen molar-refractivity contribution in [2.75, 3.05) is 32.7 Å². The minimum absolute atomic E-state index is 0.439. The smallest absolute Gasteiger partial charge is 0.228 e. The Morgan fingerprint density at radius 3 is 2.79 bits per heavy atom. The number of aliphatic imine (C=N–C) groups is 1. The zero-order valence-corrected chi connectivity index (χ0v) is 17.7. The summed E-state index contributed by atoms with van der Waals surface area (Å²) in [7, 11) is 0. The van der Waals surface area contributed by atoms with E-state index >= 15 is 0 Å². The Morgan fingerprint density at radius 2 is 2.10 bits per heavy atom. The first kappa shape index (κ1) is 21.3. The van der Waals surface area contributed by atoms with Gasteiger partial charge in [-0.15, -0.1) is 6.58 Å². The average Bonchev–Trinajstić information content (AvgIpc) is 3.19. The fourth-order valence-electron chi connectivity index (χ4n) is 3.29. The quantitative estimate of drug-likeness (QED) is 0.391. The SMILES string of the molecule is C=CCN1CCC(NC(=NCCc2nc(-c3ccc(Cl)cc3)no2)NCC)CC1. The van der Waals surface area contributed by atoms with E-state index < -0.39 is 0 Å². The molecule has 0 bridgehead atoms. The fourth-order valence-corrected chi connectivity index (χ4v) is 3.42. The van der Waals surface area contributed by atoms with Gasteiger partial charge in [-0.3, -0.25) is 9.89 Å². The molecule has 1 fully saturated rings. The highest BCUT2D eigenvalue weighted by Crippen LogP contribution is 2.18. The van der Waals surface area contributed by atoms with Gasteiger partial charge in [-0.05, 0) is 44.0 Å². The van der Waals surface area contributed by atoms with Gasteiger partial charge >= 0.3 is 0 Å². The summed E-state index contributed by atoms with van der Waals surface area (Å²) in [5, 5.41) is 11.6. The van der Waals surface area contributed by atoms with E-state index in [0.717, 1.165) is 50.5 Å². The Morgan fingerprint density at radius 1 is 1.34 bits per heavy atom. The highest BCUT2D eigenvalue weighted by molar-refractivity contribution is 6.30. The molecule has 0 amide bonds. The van der Waals surface area contributed by atoms with Crippen LogP contribution in [0.2, 0.25) is 5.02 Å². The highest BCUT2D eigenvalue weighted by atomic mass is 35.5. The Kier molecular flexibility index (Phi) is 8.07. The molecule has 0 saturated carbocycles. The molecule has 0 spiro atoms. The van der Waals surface area contributed by atoms with E-state index in [-0.39, 0.29) is 0 Å². The molecule has 1 aliphatic rings. The zero-order valence-electron chi connectivity index (χ0n) is 16.9. The summed E-state index contributed by atoms with van der Waals surface area (Å²) in [5.41, 5.74) is 0.880.